The lowest BCUT2D eigenvalue weighted by molar-refractivity contribution is 0.185. The summed E-state index contributed by atoms with van der Waals surface area (Å²) in [4.78, 5) is 0.430. The van der Waals surface area contributed by atoms with Gasteiger partial charge in [0.05, 0.1) is 6.61 Å². The first-order valence-electron chi connectivity index (χ1n) is 3.61. The second kappa shape index (κ2) is 4.18. The smallest absolute Gasteiger partial charge is 0.103 e. The minimum absolute atomic E-state index is 0.430. The first-order chi connectivity index (χ1) is 5.74. The number of nitrogens with two attached hydrogens (primary N) is 1. The second-order valence-electron chi connectivity index (χ2n) is 2.49. The number of hydrogen-bond donors (Lipinski definition) is 1. The Balaban J connectivity index is 2.78. The number of ether oxygens (including phenoxy) is 1. The Kier molecular flexibility index (Phi) is 3.19. The van der Waals surface area contributed by atoms with Crippen molar-refractivity contribution < 1.29 is 4.74 Å². The molecular formula is C9H11NOS. The van der Waals surface area contributed by atoms with Gasteiger partial charge >= 0.3 is 0 Å². The van der Waals surface area contributed by atoms with Crippen molar-refractivity contribution >= 4 is 17.2 Å². The van der Waals surface area contributed by atoms with E-state index in [9.17, 15) is 0 Å². The van der Waals surface area contributed by atoms with Gasteiger partial charge in [0.25, 0.3) is 0 Å². The molecule has 0 aliphatic rings. The van der Waals surface area contributed by atoms with Gasteiger partial charge in [-0.05, 0) is 5.56 Å². The van der Waals surface area contributed by atoms with Crippen LogP contribution in [0.5, 0.6) is 0 Å². The largest absolute Gasteiger partial charge is 0.389 e. The van der Waals surface area contributed by atoms with Gasteiger partial charge in [-0.3, -0.25) is 0 Å². The lowest BCUT2D eigenvalue weighted by Crippen LogP contribution is -2.08. The van der Waals surface area contributed by atoms with E-state index >= 15 is 0 Å². The van der Waals surface area contributed by atoms with Crippen LogP contribution in [0.25, 0.3) is 0 Å². The highest BCUT2D eigenvalue weighted by Gasteiger charge is 1.95. The van der Waals surface area contributed by atoms with Crippen LogP contribution >= 0.6 is 12.2 Å². The van der Waals surface area contributed by atoms with Crippen LogP contribution in [0.2, 0.25) is 0 Å². The Morgan fingerprint density at radius 1 is 1.42 bits per heavy atom. The average Bonchev–Trinajstić information content (AvgIpc) is 2.06. The van der Waals surface area contributed by atoms with Gasteiger partial charge in [0, 0.05) is 12.7 Å². The van der Waals surface area contributed by atoms with E-state index < -0.39 is 0 Å². The maximum atomic E-state index is 5.44. The molecule has 0 radical (unpaired) electrons. The summed E-state index contributed by atoms with van der Waals surface area (Å²) in [6.45, 7) is 0.623. The molecule has 0 aliphatic heterocycles. The van der Waals surface area contributed by atoms with Crippen LogP contribution in [-0.4, -0.2) is 12.1 Å². The molecule has 64 valence electrons. The van der Waals surface area contributed by atoms with Crippen molar-refractivity contribution in [3.05, 3.63) is 35.4 Å². The Morgan fingerprint density at radius 3 is 2.42 bits per heavy atom. The summed E-state index contributed by atoms with van der Waals surface area (Å²) in [6, 6.07) is 7.71. The molecule has 0 bridgehead atoms. The molecule has 0 aromatic heterocycles. The molecule has 0 saturated carbocycles. The van der Waals surface area contributed by atoms with Crippen molar-refractivity contribution in [1.82, 2.24) is 0 Å². The molecule has 2 nitrogen and oxygen atoms in total. The van der Waals surface area contributed by atoms with Gasteiger partial charge in [-0.25, -0.2) is 0 Å². The zero-order valence-corrected chi connectivity index (χ0v) is 7.73. The predicted molar refractivity (Wildman–Crippen MR) is 53.0 cm³/mol. The molecule has 1 aromatic rings. The molecular weight excluding hydrogens is 170 g/mol. The first kappa shape index (κ1) is 9.16. The van der Waals surface area contributed by atoms with Gasteiger partial charge in [-0.15, -0.1) is 0 Å². The molecule has 0 spiro atoms. The maximum Gasteiger partial charge on any atom is 0.103 e. The Hall–Kier alpha value is -0.930. The zero-order chi connectivity index (χ0) is 8.97. The normalized spacial score (nSPS) is 9.75. The van der Waals surface area contributed by atoms with Crippen LogP contribution < -0.4 is 5.73 Å². The van der Waals surface area contributed by atoms with Crippen LogP contribution in [0.4, 0.5) is 0 Å². The van der Waals surface area contributed by atoms with Crippen LogP contribution in [0, 0.1) is 0 Å². The highest BCUT2D eigenvalue weighted by atomic mass is 32.1. The standard InChI is InChI=1S/C9H11NOS/c1-11-6-7-2-4-8(5-3-7)9(10)12/h2-5H,6H2,1H3,(H2,10,12). The minimum atomic E-state index is 0.430. The molecule has 3 heteroatoms. The molecule has 1 aromatic carbocycles. The highest BCUT2D eigenvalue weighted by Crippen LogP contribution is 2.04. The maximum absolute atomic E-state index is 5.44. The summed E-state index contributed by atoms with van der Waals surface area (Å²) in [7, 11) is 1.67. The monoisotopic (exact) mass is 181 g/mol. The van der Waals surface area contributed by atoms with Gasteiger partial charge in [-0.2, -0.15) is 0 Å². The number of benzene rings is 1. The fourth-order valence-electron chi connectivity index (χ4n) is 0.932. The van der Waals surface area contributed by atoms with E-state index in [-0.39, 0.29) is 0 Å². The van der Waals surface area contributed by atoms with Crippen molar-refractivity contribution in [2.24, 2.45) is 5.73 Å². The molecule has 0 unspecified atom stereocenters. The van der Waals surface area contributed by atoms with Crippen LogP contribution in [0.15, 0.2) is 24.3 Å². The summed E-state index contributed by atoms with van der Waals surface area (Å²) in [5, 5.41) is 0. The minimum Gasteiger partial charge on any atom is -0.389 e. The quantitative estimate of drug-likeness (QED) is 0.717. The molecule has 12 heavy (non-hydrogen) atoms. The average molecular weight is 181 g/mol. The van der Waals surface area contributed by atoms with E-state index in [4.69, 9.17) is 22.7 Å². The molecule has 0 amide bonds. The van der Waals surface area contributed by atoms with Crippen molar-refractivity contribution in [3.63, 3.8) is 0 Å². The van der Waals surface area contributed by atoms with Gasteiger partial charge in [0.2, 0.25) is 0 Å². The third kappa shape index (κ3) is 2.29. The second-order valence-corrected chi connectivity index (χ2v) is 2.93. The molecule has 0 aliphatic carbocycles. The van der Waals surface area contributed by atoms with Gasteiger partial charge in [0.1, 0.15) is 4.99 Å². The lowest BCUT2D eigenvalue weighted by Gasteiger charge is -2.00. The fraction of sp³-hybridized carbons (Fsp3) is 0.222. The van der Waals surface area contributed by atoms with E-state index in [2.05, 4.69) is 0 Å². The Bertz CT molecular complexity index is 268. The molecule has 1 rings (SSSR count). The van der Waals surface area contributed by atoms with E-state index in [1.54, 1.807) is 7.11 Å². The van der Waals surface area contributed by atoms with Crippen molar-refractivity contribution in [2.45, 2.75) is 6.61 Å². The zero-order valence-electron chi connectivity index (χ0n) is 6.91. The molecule has 0 saturated heterocycles. The predicted octanol–water partition coefficient (Wildman–Crippen LogP) is 1.47. The van der Waals surface area contributed by atoms with Crippen molar-refractivity contribution in [1.29, 1.82) is 0 Å². The number of thiocarbonyl (C=S) groups is 1. The number of methoxy groups -OCH3 is 1. The number of hydrogen-bond acceptors (Lipinski definition) is 2. The van der Waals surface area contributed by atoms with E-state index in [1.807, 2.05) is 24.3 Å². The number of rotatable bonds is 3. The topological polar surface area (TPSA) is 35.2 Å². The lowest BCUT2D eigenvalue weighted by atomic mass is 10.1. The van der Waals surface area contributed by atoms with Gasteiger partial charge in [-0.1, -0.05) is 36.5 Å². The Morgan fingerprint density at radius 2 is 2.00 bits per heavy atom. The molecule has 0 fully saturated rings. The van der Waals surface area contributed by atoms with E-state index in [1.165, 1.54) is 0 Å². The van der Waals surface area contributed by atoms with Crippen LogP contribution in [0.1, 0.15) is 11.1 Å². The summed E-state index contributed by atoms with van der Waals surface area (Å²) in [5.74, 6) is 0. The van der Waals surface area contributed by atoms with E-state index in [0.717, 1.165) is 11.1 Å². The van der Waals surface area contributed by atoms with Crippen LogP contribution in [-0.2, 0) is 11.3 Å². The summed E-state index contributed by atoms with van der Waals surface area (Å²) in [6.07, 6.45) is 0. The van der Waals surface area contributed by atoms with Crippen molar-refractivity contribution in [3.8, 4) is 0 Å². The van der Waals surface area contributed by atoms with E-state index in [0.29, 0.717) is 11.6 Å². The van der Waals surface area contributed by atoms with Gasteiger partial charge in [0.15, 0.2) is 0 Å². The third-order valence-corrected chi connectivity index (χ3v) is 1.79. The molecule has 0 heterocycles. The first-order valence-corrected chi connectivity index (χ1v) is 4.02. The van der Waals surface area contributed by atoms with Gasteiger partial charge < -0.3 is 10.5 Å². The highest BCUT2D eigenvalue weighted by molar-refractivity contribution is 7.80. The third-order valence-electron chi connectivity index (χ3n) is 1.55. The summed E-state index contributed by atoms with van der Waals surface area (Å²) in [5.41, 5.74) is 7.45. The SMILES string of the molecule is COCc1ccc(C(N)=S)cc1. The molecule has 2 N–H and O–H groups in total. The Labute approximate surface area is 77.3 Å². The summed E-state index contributed by atoms with van der Waals surface area (Å²) >= 11 is 4.82. The molecule has 0 atom stereocenters. The van der Waals surface area contributed by atoms with Crippen LogP contribution in [0.3, 0.4) is 0 Å². The summed E-state index contributed by atoms with van der Waals surface area (Å²) < 4.78 is 4.96. The fourth-order valence-corrected chi connectivity index (χ4v) is 1.07. The van der Waals surface area contributed by atoms with Crippen molar-refractivity contribution in [2.75, 3.05) is 7.11 Å².